The molecule has 0 aliphatic carbocycles. The zero-order valence-electron chi connectivity index (χ0n) is 9.71. The predicted molar refractivity (Wildman–Crippen MR) is 63.0 cm³/mol. The molecular weight excluding hydrogens is 260 g/mol. The number of rotatable bonds is 3. The summed E-state index contributed by atoms with van der Waals surface area (Å²) < 4.78 is 51.1. The average molecular weight is 270 g/mol. The molecule has 2 aromatic rings. The van der Waals surface area contributed by atoms with Crippen LogP contribution >= 0.6 is 0 Å². The number of pyridine rings is 1. The number of nitrogens with zero attached hydrogens (tertiary/aromatic N) is 1. The van der Waals surface area contributed by atoms with Crippen molar-refractivity contribution in [1.82, 2.24) is 4.98 Å². The van der Waals surface area contributed by atoms with Gasteiger partial charge in [0.05, 0.1) is 5.56 Å². The van der Waals surface area contributed by atoms with Crippen LogP contribution in [0, 0.1) is 5.95 Å². The van der Waals surface area contributed by atoms with Crippen molar-refractivity contribution in [2.45, 2.75) is 12.7 Å². The maximum Gasteiger partial charge on any atom is 0.416 e. The lowest BCUT2D eigenvalue weighted by molar-refractivity contribution is -0.138. The van der Waals surface area contributed by atoms with Crippen molar-refractivity contribution in [3.63, 3.8) is 0 Å². The molecule has 100 valence electrons. The summed E-state index contributed by atoms with van der Waals surface area (Å²) in [4.78, 5) is 3.36. The summed E-state index contributed by atoms with van der Waals surface area (Å²) in [6, 6.07) is 7.87. The highest BCUT2D eigenvalue weighted by molar-refractivity contribution is 5.43. The number of halogens is 4. The molecule has 0 aliphatic rings. The SMILES string of the molecule is Fc1cc(NCc2ccccc2C(F)(F)F)ccn1. The van der Waals surface area contributed by atoms with E-state index in [1.165, 1.54) is 30.5 Å². The zero-order chi connectivity index (χ0) is 13.9. The summed E-state index contributed by atoms with van der Waals surface area (Å²) in [7, 11) is 0. The van der Waals surface area contributed by atoms with Crippen LogP contribution in [0.25, 0.3) is 0 Å². The minimum absolute atomic E-state index is 0.0425. The Balaban J connectivity index is 2.16. The lowest BCUT2D eigenvalue weighted by atomic mass is 10.1. The van der Waals surface area contributed by atoms with Gasteiger partial charge in [0.1, 0.15) is 0 Å². The van der Waals surface area contributed by atoms with Gasteiger partial charge in [-0.3, -0.25) is 0 Å². The highest BCUT2D eigenvalue weighted by Gasteiger charge is 2.32. The van der Waals surface area contributed by atoms with Crippen LogP contribution < -0.4 is 5.32 Å². The molecule has 0 spiro atoms. The fourth-order valence-electron chi connectivity index (χ4n) is 1.66. The minimum Gasteiger partial charge on any atom is -0.381 e. The maximum absolute atomic E-state index is 12.8. The van der Waals surface area contributed by atoms with Gasteiger partial charge < -0.3 is 5.32 Å². The molecular formula is C13H10F4N2. The van der Waals surface area contributed by atoms with E-state index in [0.29, 0.717) is 5.69 Å². The van der Waals surface area contributed by atoms with Gasteiger partial charge in [-0.2, -0.15) is 17.6 Å². The molecule has 2 rings (SSSR count). The third kappa shape index (κ3) is 3.43. The Kier molecular flexibility index (Phi) is 3.69. The minimum atomic E-state index is -4.40. The van der Waals surface area contributed by atoms with Crippen LogP contribution in [0.4, 0.5) is 23.2 Å². The molecule has 1 aromatic heterocycles. The molecule has 0 amide bonds. The van der Waals surface area contributed by atoms with Crippen LogP contribution in [-0.2, 0) is 12.7 Å². The molecule has 0 radical (unpaired) electrons. The first-order valence-electron chi connectivity index (χ1n) is 5.47. The molecule has 0 bridgehead atoms. The van der Waals surface area contributed by atoms with Crippen molar-refractivity contribution < 1.29 is 17.6 Å². The van der Waals surface area contributed by atoms with Gasteiger partial charge in [-0.1, -0.05) is 18.2 Å². The number of benzene rings is 1. The first kappa shape index (κ1) is 13.3. The first-order valence-corrected chi connectivity index (χ1v) is 5.47. The molecule has 0 atom stereocenters. The van der Waals surface area contributed by atoms with E-state index < -0.39 is 17.7 Å². The number of nitrogens with one attached hydrogen (secondary N) is 1. The normalized spacial score (nSPS) is 11.4. The van der Waals surface area contributed by atoms with E-state index >= 15 is 0 Å². The van der Waals surface area contributed by atoms with Gasteiger partial charge in [0.25, 0.3) is 0 Å². The van der Waals surface area contributed by atoms with Crippen molar-refractivity contribution >= 4 is 5.69 Å². The second-order valence-corrected chi connectivity index (χ2v) is 3.88. The topological polar surface area (TPSA) is 24.9 Å². The van der Waals surface area contributed by atoms with Crippen LogP contribution in [0.2, 0.25) is 0 Å². The highest BCUT2D eigenvalue weighted by atomic mass is 19.4. The van der Waals surface area contributed by atoms with E-state index in [1.54, 1.807) is 0 Å². The van der Waals surface area contributed by atoms with E-state index in [2.05, 4.69) is 10.3 Å². The van der Waals surface area contributed by atoms with Gasteiger partial charge in [0.2, 0.25) is 5.95 Å². The molecule has 1 N–H and O–H groups in total. The van der Waals surface area contributed by atoms with E-state index in [-0.39, 0.29) is 12.1 Å². The third-order valence-corrected chi connectivity index (χ3v) is 2.53. The summed E-state index contributed by atoms with van der Waals surface area (Å²) in [5.41, 5.74) is -0.214. The zero-order valence-corrected chi connectivity index (χ0v) is 9.71. The molecule has 0 saturated heterocycles. The van der Waals surface area contributed by atoms with Gasteiger partial charge in [-0.15, -0.1) is 0 Å². The molecule has 0 aliphatic heterocycles. The standard InChI is InChI=1S/C13H10F4N2/c14-12-7-10(5-6-18-12)19-8-9-3-1-2-4-11(9)13(15,16)17/h1-7H,8H2,(H,18,19). The first-order chi connectivity index (χ1) is 8.97. The van der Waals surface area contributed by atoms with Crippen molar-refractivity contribution in [3.8, 4) is 0 Å². The van der Waals surface area contributed by atoms with Gasteiger partial charge in [0.15, 0.2) is 0 Å². The molecule has 1 aromatic carbocycles. The Labute approximate surface area is 107 Å². The quantitative estimate of drug-likeness (QED) is 0.677. The number of alkyl halides is 3. The Morgan fingerprint density at radius 1 is 1.11 bits per heavy atom. The van der Waals surface area contributed by atoms with Gasteiger partial charge in [-0.25, -0.2) is 4.98 Å². The lowest BCUT2D eigenvalue weighted by Gasteiger charge is -2.13. The largest absolute Gasteiger partial charge is 0.416 e. The fraction of sp³-hybridized carbons (Fsp3) is 0.154. The summed E-state index contributed by atoms with van der Waals surface area (Å²) in [6.07, 6.45) is -3.16. The van der Waals surface area contributed by atoms with Crippen molar-refractivity contribution in [2.75, 3.05) is 5.32 Å². The van der Waals surface area contributed by atoms with Gasteiger partial charge in [0, 0.05) is 24.5 Å². The van der Waals surface area contributed by atoms with E-state index in [0.717, 1.165) is 12.1 Å². The van der Waals surface area contributed by atoms with Crippen molar-refractivity contribution in [1.29, 1.82) is 0 Å². The molecule has 6 heteroatoms. The molecule has 1 heterocycles. The van der Waals surface area contributed by atoms with Crippen molar-refractivity contribution in [3.05, 3.63) is 59.7 Å². The number of anilines is 1. The summed E-state index contributed by atoms with van der Waals surface area (Å²) in [5.74, 6) is -0.686. The molecule has 0 unspecified atom stereocenters. The highest BCUT2D eigenvalue weighted by Crippen LogP contribution is 2.32. The van der Waals surface area contributed by atoms with Crippen LogP contribution in [0.15, 0.2) is 42.6 Å². The van der Waals surface area contributed by atoms with Crippen LogP contribution in [0.5, 0.6) is 0 Å². The lowest BCUT2D eigenvalue weighted by Crippen LogP contribution is -2.11. The van der Waals surface area contributed by atoms with Crippen molar-refractivity contribution in [2.24, 2.45) is 0 Å². The Hall–Kier alpha value is -2.11. The monoisotopic (exact) mass is 270 g/mol. The average Bonchev–Trinajstić information content (AvgIpc) is 2.36. The summed E-state index contributed by atoms with van der Waals surface area (Å²) >= 11 is 0. The summed E-state index contributed by atoms with van der Waals surface area (Å²) in [5, 5.41) is 2.73. The second-order valence-electron chi connectivity index (χ2n) is 3.88. The number of aromatic nitrogens is 1. The summed E-state index contributed by atoms with van der Waals surface area (Å²) in [6.45, 7) is -0.0425. The molecule has 19 heavy (non-hydrogen) atoms. The van der Waals surface area contributed by atoms with Crippen LogP contribution in [0.3, 0.4) is 0 Å². The Morgan fingerprint density at radius 3 is 2.53 bits per heavy atom. The number of hydrogen-bond donors (Lipinski definition) is 1. The van der Waals surface area contributed by atoms with Gasteiger partial charge >= 0.3 is 6.18 Å². The van der Waals surface area contributed by atoms with E-state index in [9.17, 15) is 17.6 Å². The maximum atomic E-state index is 12.8. The van der Waals surface area contributed by atoms with Crippen LogP contribution in [-0.4, -0.2) is 4.98 Å². The predicted octanol–water partition coefficient (Wildman–Crippen LogP) is 3.85. The smallest absolute Gasteiger partial charge is 0.381 e. The third-order valence-electron chi connectivity index (χ3n) is 2.53. The number of hydrogen-bond acceptors (Lipinski definition) is 2. The molecule has 0 fully saturated rings. The second kappa shape index (κ2) is 5.26. The fourth-order valence-corrected chi connectivity index (χ4v) is 1.66. The molecule has 2 nitrogen and oxygen atoms in total. The van der Waals surface area contributed by atoms with E-state index in [4.69, 9.17) is 0 Å². The molecule has 0 saturated carbocycles. The Morgan fingerprint density at radius 2 is 1.84 bits per heavy atom. The van der Waals surface area contributed by atoms with Gasteiger partial charge in [-0.05, 0) is 17.7 Å². The van der Waals surface area contributed by atoms with Crippen LogP contribution in [0.1, 0.15) is 11.1 Å². The Bertz CT molecular complexity index is 567. The van der Waals surface area contributed by atoms with E-state index in [1.807, 2.05) is 0 Å².